The molecule has 3 heterocycles. The molecule has 0 unspecified atom stereocenters. The van der Waals surface area contributed by atoms with E-state index >= 15 is 0 Å². The third-order valence-electron chi connectivity index (χ3n) is 4.73. The molecule has 0 saturated carbocycles. The Balaban J connectivity index is 1.29. The van der Waals surface area contributed by atoms with Crippen molar-refractivity contribution in [2.45, 2.75) is 10.1 Å². The number of thioether (sulfide) groups is 1. The highest BCUT2D eigenvalue weighted by molar-refractivity contribution is 8.00. The van der Waals surface area contributed by atoms with Gasteiger partial charge in [0.25, 0.3) is 5.56 Å². The molecule has 166 valence electrons. The number of thiophene rings is 1. The van der Waals surface area contributed by atoms with E-state index in [-0.39, 0.29) is 11.4 Å². The number of hydrogen-bond acceptors (Lipinski definition) is 9. The first-order chi connectivity index (χ1) is 16.1. The summed E-state index contributed by atoms with van der Waals surface area (Å²) < 4.78 is 19.2. The number of aromatic amines is 1. The molecule has 0 aliphatic carbocycles. The largest absolute Gasteiger partial charge is 0.497 e. The van der Waals surface area contributed by atoms with E-state index in [0.29, 0.717) is 26.9 Å². The number of aromatic nitrogens is 4. The normalized spacial score (nSPS) is 11.1. The second-order valence-corrected chi connectivity index (χ2v) is 9.92. The number of ether oxygens (including phenoxy) is 1. The molecule has 3 aromatic heterocycles. The quantitative estimate of drug-likeness (QED) is 0.279. The standard InChI is InChI=1S/C22H16FN5O2S3/c1-30-15-8-6-14(7-9-15)24-21-27-28-22(33-21)32-11-17-25-19(29)18-16(10-31-20(18)26-17)12-2-4-13(23)5-3-12/h2-10H,11H2,1H3,(H,24,27)(H,25,26,29). The Labute approximate surface area is 199 Å². The van der Waals surface area contributed by atoms with Crippen molar-refractivity contribution in [1.82, 2.24) is 20.2 Å². The minimum absolute atomic E-state index is 0.213. The first kappa shape index (κ1) is 21.6. The van der Waals surface area contributed by atoms with E-state index in [1.807, 2.05) is 29.6 Å². The predicted octanol–water partition coefficient (Wildman–Crippen LogP) is 5.69. The van der Waals surface area contributed by atoms with Crippen LogP contribution < -0.4 is 15.6 Å². The summed E-state index contributed by atoms with van der Waals surface area (Å²) in [4.78, 5) is 20.9. The fraction of sp³-hybridized carbons (Fsp3) is 0.0909. The van der Waals surface area contributed by atoms with Gasteiger partial charge in [0.1, 0.15) is 22.2 Å². The number of nitrogens with one attached hydrogen (secondary N) is 2. The summed E-state index contributed by atoms with van der Waals surface area (Å²) in [5, 5.41) is 14.6. The van der Waals surface area contributed by atoms with Crippen LogP contribution in [0.15, 0.2) is 63.0 Å². The van der Waals surface area contributed by atoms with E-state index in [1.54, 1.807) is 19.2 Å². The number of rotatable bonds is 7. The Morgan fingerprint density at radius 3 is 2.67 bits per heavy atom. The Bertz CT molecular complexity index is 1460. The zero-order valence-electron chi connectivity index (χ0n) is 17.2. The summed E-state index contributed by atoms with van der Waals surface area (Å²) in [7, 11) is 1.62. The second-order valence-electron chi connectivity index (χ2n) is 6.86. The van der Waals surface area contributed by atoms with Crippen molar-refractivity contribution in [3.63, 3.8) is 0 Å². The van der Waals surface area contributed by atoms with E-state index in [9.17, 15) is 9.18 Å². The van der Waals surface area contributed by atoms with Gasteiger partial charge in [-0.3, -0.25) is 4.79 Å². The van der Waals surface area contributed by atoms with Crippen LogP contribution in [0.2, 0.25) is 0 Å². The van der Waals surface area contributed by atoms with Crippen LogP contribution in [0, 0.1) is 5.82 Å². The molecule has 7 nitrogen and oxygen atoms in total. The van der Waals surface area contributed by atoms with Gasteiger partial charge in [0.05, 0.1) is 18.2 Å². The van der Waals surface area contributed by atoms with E-state index in [4.69, 9.17) is 4.74 Å². The summed E-state index contributed by atoms with van der Waals surface area (Å²) in [5.41, 5.74) is 2.20. The van der Waals surface area contributed by atoms with Crippen molar-refractivity contribution in [2.75, 3.05) is 12.4 Å². The van der Waals surface area contributed by atoms with Crippen LogP contribution in [0.3, 0.4) is 0 Å². The van der Waals surface area contributed by atoms with Gasteiger partial charge in [-0.2, -0.15) is 0 Å². The van der Waals surface area contributed by atoms with Gasteiger partial charge in [0, 0.05) is 16.6 Å². The van der Waals surface area contributed by atoms with Crippen LogP contribution in [0.5, 0.6) is 5.75 Å². The SMILES string of the molecule is COc1ccc(Nc2nnc(SCc3nc4scc(-c5ccc(F)cc5)c4c(=O)[nH]3)s2)cc1. The molecule has 0 aliphatic rings. The number of nitrogens with zero attached hydrogens (tertiary/aromatic N) is 3. The van der Waals surface area contributed by atoms with Gasteiger partial charge < -0.3 is 15.0 Å². The summed E-state index contributed by atoms with van der Waals surface area (Å²) >= 11 is 4.26. The Morgan fingerprint density at radius 1 is 1.12 bits per heavy atom. The van der Waals surface area contributed by atoms with Crippen LogP contribution >= 0.6 is 34.4 Å². The average molecular weight is 498 g/mol. The smallest absolute Gasteiger partial charge is 0.260 e. The molecule has 0 fully saturated rings. The maximum absolute atomic E-state index is 13.2. The minimum atomic E-state index is -0.316. The Morgan fingerprint density at radius 2 is 1.91 bits per heavy atom. The van der Waals surface area contributed by atoms with Gasteiger partial charge in [0.2, 0.25) is 5.13 Å². The zero-order valence-corrected chi connectivity index (χ0v) is 19.6. The number of fused-ring (bicyclic) bond motifs is 1. The number of methoxy groups -OCH3 is 1. The van der Waals surface area contributed by atoms with Crippen molar-refractivity contribution in [1.29, 1.82) is 0 Å². The van der Waals surface area contributed by atoms with Crippen molar-refractivity contribution in [3.05, 3.63) is 75.9 Å². The topological polar surface area (TPSA) is 92.8 Å². The molecule has 11 heteroatoms. The highest BCUT2D eigenvalue weighted by Crippen LogP contribution is 2.32. The number of benzene rings is 2. The fourth-order valence-electron chi connectivity index (χ4n) is 3.15. The van der Waals surface area contributed by atoms with Crippen molar-refractivity contribution >= 4 is 55.5 Å². The summed E-state index contributed by atoms with van der Waals surface area (Å²) in [6, 6.07) is 13.6. The van der Waals surface area contributed by atoms with Crippen molar-refractivity contribution in [2.24, 2.45) is 0 Å². The molecule has 5 rings (SSSR count). The van der Waals surface area contributed by atoms with Gasteiger partial charge >= 0.3 is 0 Å². The molecule has 0 atom stereocenters. The molecule has 0 amide bonds. The summed E-state index contributed by atoms with van der Waals surface area (Å²) in [5.74, 6) is 1.48. The number of H-pyrrole nitrogens is 1. The fourth-order valence-corrected chi connectivity index (χ4v) is 5.76. The monoisotopic (exact) mass is 497 g/mol. The highest BCUT2D eigenvalue weighted by atomic mass is 32.2. The van der Waals surface area contributed by atoms with Gasteiger partial charge in [0.15, 0.2) is 4.34 Å². The lowest BCUT2D eigenvalue weighted by atomic mass is 10.1. The summed E-state index contributed by atoms with van der Waals surface area (Å²) in [6.45, 7) is 0. The van der Waals surface area contributed by atoms with E-state index in [2.05, 4.69) is 25.5 Å². The molecule has 2 N–H and O–H groups in total. The predicted molar refractivity (Wildman–Crippen MR) is 131 cm³/mol. The molecule has 0 spiro atoms. The van der Waals surface area contributed by atoms with Gasteiger partial charge in [-0.1, -0.05) is 35.2 Å². The first-order valence-electron chi connectivity index (χ1n) is 9.73. The molecule has 2 aromatic carbocycles. The Kier molecular flexibility index (Phi) is 6.07. The van der Waals surface area contributed by atoms with Crippen LogP contribution in [0.4, 0.5) is 15.2 Å². The van der Waals surface area contributed by atoms with Gasteiger partial charge in [-0.15, -0.1) is 21.5 Å². The zero-order chi connectivity index (χ0) is 22.8. The Hall–Kier alpha value is -3.28. The van der Waals surface area contributed by atoms with Crippen LogP contribution in [-0.2, 0) is 5.75 Å². The number of halogens is 1. The molecular formula is C22H16FN5O2S3. The number of anilines is 2. The van der Waals surface area contributed by atoms with Crippen LogP contribution in [0.25, 0.3) is 21.3 Å². The molecule has 0 bridgehead atoms. The molecule has 33 heavy (non-hydrogen) atoms. The lowest BCUT2D eigenvalue weighted by Gasteiger charge is -2.03. The summed E-state index contributed by atoms with van der Waals surface area (Å²) in [6.07, 6.45) is 0. The molecular weight excluding hydrogens is 481 g/mol. The minimum Gasteiger partial charge on any atom is -0.497 e. The first-order valence-corrected chi connectivity index (χ1v) is 12.4. The molecule has 0 aliphatic heterocycles. The van der Waals surface area contributed by atoms with Gasteiger partial charge in [-0.25, -0.2) is 9.37 Å². The van der Waals surface area contributed by atoms with Crippen LogP contribution in [0.1, 0.15) is 5.82 Å². The molecule has 5 aromatic rings. The lowest BCUT2D eigenvalue weighted by molar-refractivity contribution is 0.415. The van der Waals surface area contributed by atoms with Crippen LogP contribution in [-0.4, -0.2) is 27.3 Å². The number of hydrogen-bond donors (Lipinski definition) is 2. The van der Waals surface area contributed by atoms with Gasteiger partial charge in [-0.05, 0) is 42.0 Å². The highest BCUT2D eigenvalue weighted by Gasteiger charge is 2.14. The molecule has 0 saturated heterocycles. The molecule has 0 radical (unpaired) electrons. The van der Waals surface area contributed by atoms with E-state index in [1.165, 1.54) is 46.6 Å². The third kappa shape index (κ3) is 4.75. The second kappa shape index (κ2) is 9.30. The maximum Gasteiger partial charge on any atom is 0.260 e. The van der Waals surface area contributed by atoms with Crippen molar-refractivity contribution in [3.8, 4) is 16.9 Å². The lowest BCUT2D eigenvalue weighted by Crippen LogP contribution is -2.10. The van der Waals surface area contributed by atoms with Crippen molar-refractivity contribution < 1.29 is 9.13 Å². The third-order valence-corrected chi connectivity index (χ3v) is 7.58. The average Bonchev–Trinajstić information content (AvgIpc) is 3.46. The van der Waals surface area contributed by atoms with E-state index in [0.717, 1.165) is 26.9 Å². The maximum atomic E-state index is 13.2. The van der Waals surface area contributed by atoms with E-state index < -0.39 is 0 Å².